The van der Waals surface area contributed by atoms with E-state index in [1.54, 1.807) is 38.6 Å². The number of hydrogen-bond acceptors (Lipinski definition) is 10. The van der Waals surface area contributed by atoms with E-state index in [0.29, 0.717) is 30.0 Å². The van der Waals surface area contributed by atoms with Gasteiger partial charge in [0.1, 0.15) is 24.2 Å². The molecule has 0 aliphatic carbocycles. The number of rotatable bonds is 14. The van der Waals surface area contributed by atoms with Gasteiger partial charge in [-0.2, -0.15) is 0 Å². The number of nitrogens with one attached hydrogen (secondary N) is 1. The number of nitrogen functional groups attached to an aromatic ring is 1. The lowest BCUT2D eigenvalue weighted by molar-refractivity contribution is -0.145. The maximum Gasteiger partial charge on any atom is 0.364 e. The van der Waals surface area contributed by atoms with Gasteiger partial charge >= 0.3 is 13.5 Å². The molecule has 0 saturated heterocycles. The fourth-order valence-corrected chi connectivity index (χ4v) is 4.43. The maximum atomic E-state index is 13.3. The van der Waals surface area contributed by atoms with Crippen molar-refractivity contribution in [3.63, 3.8) is 0 Å². The number of ether oxygens (including phenoxy) is 2. The van der Waals surface area contributed by atoms with Crippen LogP contribution in [0.25, 0.3) is 11.2 Å². The number of nitrogens with zero attached hydrogens (tertiary/aromatic N) is 5. The summed E-state index contributed by atoms with van der Waals surface area (Å²) < 4.78 is 31.4. The number of unbranched alkanes of at least 4 members (excludes halogenated alkanes) is 2. The molecule has 2 heterocycles. The Hall–Kier alpha value is -2.56. The Kier molecular flexibility index (Phi) is 10.2. The number of aromatic nitrogens is 4. The number of anilines is 1. The summed E-state index contributed by atoms with van der Waals surface area (Å²) in [4.78, 5) is 24.6. The molecule has 0 aromatic carbocycles. The topological polar surface area (TPSA) is 156 Å². The van der Waals surface area contributed by atoms with E-state index in [2.05, 4.69) is 32.1 Å². The third-order valence-corrected chi connectivity index (χ3v) is 6.12. The van der Waals surface area contributed by atoms with E-state index in [1.807, 2.05) is 0 Å². The molecule has 0 aliphatic rings. The van der Waals surface area contributed by atoms with E-state index in [-0.39, 0.29) is 18.3 Å². The van der Waals surface area contributed by atoms with Crippen molar-refractivity contribution < 1.29 is 23.5 Å². The summed E-state index contributed by atoms with van der Waals surface area (Å²) in [5.74, 6) is -0.222. The molecule has 0 saturated carbocycles. The van der Waals surface area contributed by atoms with E-state index in [0.717, 1.165) is 19.3 Å². The third-order valence-electron chi connectivity index (χ3n) is 4.50. The number of esters is 1. The van der Waals surface area contributed by atoms with Crippen molar-refractivity contribution in [1.29, 1.82) is 0 Å². The van der Waals surface area contributed by atoms with Crippen LogP contribution in [-0.4, -0.2) is 56.3 Å². The van der Waals surface area contributed by atoms with Crippen LogP contribution in [0, 0.1) is 0 Å². The van der Waals surface area contributed by atoms with Crippen molar-refractivity contribution in [3.05, 3.63) is 12.7 Å². The molecule has 13 heteroatoms. The first kappa shape index (κ1) is 26.7. The number of carbonyl (C=O) groups is 1. The van der Waals surface area contributed by atoms with Gasteiger partial charge in [-0.05, 0) is 34.1 Å². The van der Waals surface area contributed by atoms with Gasteiger partial charge in [-0.3, -0.25) is 9.36 Å². The first-order valence-electron chi connectivity index (χ1n) is 10.9. The summed E-state index contributed by atoms with van der Waals surface area (Å²) in [6, 6.07) is -0.860. The second-order valence-electron chi connectivity index (χ2n) is 7.95. The van der Waals surface area contributed by atoms with Crippen molar-refractivity contribution >= 4 is 36.2 Å². The predicted octanol–water partition coefficient (Wildman–Crippen LogP) is 3.09. The van der Waals surface area contributed by atoms with Gasteiger partial charge in [0.2, 0.25) is 0 Å². The van der Waals surface area contributed by atoms with Gasteiger partial charge in [0.25, 0.3) is 0 Å². The smallest absolute Gasteiger partial charge is 0.364 e. The third kappa shape index (κ3) is 8.38. The summed E-state index contributed by atoms with van der Waals surface area (Å²) in [6.07, 6.45) is 5.03. The first-order valence-corrected chi connectivity index (χ1v) is 12.7. The minimum atomic E-state index is -3.66. The summed E-state index contributed by atoms with van der Waals surface area (Å²) in [7, 11) is -3.66. The summed E-state index contributed by atoms with van der Waals surface area (Å²) in [5.41, 5.74) is 7.46. The molecule has 3 unspecified atom stereocenters. The van der Waals surface area contributed by atoms with E-state index < -0.39 is 19.5 Å². The van der Waals surface area contributed by atoms with Gasteiger partial charge in [0.15, 0.2) is 11.5 Å². The van der Waals surface area contributed by atoms with E-state index in [9.17, 15) is 9.36 Å². The molecular formula is C20H34N7O5P. The van der Waals surface area contributed by atoms with Crippen molar-refractivity contribution in [2.24, 2.45) is 5.16 Å². The van der Waals surface area contributed by atoms with Gasteiger partial charge in [-0.1, -0.05) is 24.9 Å². The number of oxime groups is 1. The molecule has 33 heavy (non-hydrogen) atoms. The van der Waals surface area contributed by atoms with Gasteiger partial charge < -0.3 is 24.4 Å². The molecule has 0 fully saturated rings. The molecule has 0 bridgehead atoms. The molecule has 12 nitrogen and oxygen atoms in total. The maximum absolute atomic E-state index is 13.3. The molecule has 0 aliphatic heterocycles. The zero-order valence-corrected chi connectivity index (χ0v) is 20.7. The van der Waals surface area contributed by atoms with Crippen molar-refractivity contribution in [2.45, 2.75) is 72.6 Å². The fourth-order valence-electron chi connectivity index (χ4n) is 2.82. The quantitative estimate of drug-likeness (QED) is 0.135. The zero-order valence-electron chi connectivity index (χ0n) is 19.9. The SMILES string of the molecule is CCCCCOC(=O)C(C)NP(=O)(COC(C)Cn1cnc2c(N)ncnc21)ON=C(C)C. The van der Waals surface area contributed by atoms with Gasteiger partial charge in [0.05, 0.1) is 31.3 Å². The Labute approximate surface area is 193 Å². The molecule has 0 amide bonds. The second-order valence-corrected chi connectivity index (χ2v) is 9.98. The monoisotopic (exact) mass is 483 g/mol. The molecule has 2 aromatic rings. The van der Waals surface area contributed by atoms with Gasteiger partial charge in [-0.15, -0.1) is 0 Å². The number of nitrogens with two attached hydrogens (primary N) is 1. The highest BCUT2D eigenvalue weighted by Gasteiger charge is 2.32. The van der Waals surface area contributed by atoms with E-state index in [4.69, 9.17) is 19.8 Å². The second kappa shape index (κ2) is 12.6. The van der Waals surface area contributed by atoms with Crippen molar-refractivity contribution in [2.75, 3.05) is 18.7 Å². The standard InChI is InChI=1S/C20H34N7O5P/c1-6-7-8-9-30-20(28)16(5)26-33(29,32-25-14(2)3)13-31-15(4)10-27-12-24-17-18(21)22-11-23-19(17)27/h11-12,15-16H,6-10,13H2,1-5H3,(H,26,29)(H2,21,22,23). The minimum Gasteiger partial charge on any atom is -0.465 e. The average Bonchev–Trinajstić information content (AvgIpc) is 3.18. The zero-order chi connectivity index (χ0) is 24.4. The number of fused-ring (bicyclic) bond motifs is 1. The van der Waals surface area contributed by atoms with Crippen LogP contribution in [0.15, 0.2) is 17.8 Å². The summed E-state index contributed by atoms with van der Waals surface area (Å²) >= 11 is 0. The summed E-state index contributed by atoms with van der Waals surface area (Å²) in [5, 5.41) is 6.52. The highest BCUT2D eigenvalue weighted by molar-refractivity contribution is 7.56. The molecule has 3 N–H and O–H groups in total. The van der Waals surface area contributed by atoms with Crippen LogP contribution in [-0.2, 0) is 30.0 Å². The molecular weight excluding hydrogens is 449 g/mol. The average molecular weight is 484 g/mol. The van der Waals surface area contributed by atoms with E-state index in [1.165, 1.54) is 6.33 Å². The Balaban J connectivity index is 1.99. The molecule has 184 valence electrons. The van der Waals surface area contributed by atoms with Crippen LogP contribution >= 0.6 is 7.52 Å². The largest absolute Gasteiger partial charge is 0.465 e. The molecule has 0 radical (unpaired) electrons. The summed E-state index contributed by atoms with van der Waals surface area (Å²) in [6.45, 7) is 9.53. The number of carbonyl (C=O) groups excluding carboxylic acids is 1. The van der Waals surface area contributed by atoms with Crippen LogP contribution in [0.2, 0.25) is 0 Å². The number of hydrogen-bond donors (Lipinski definition) is 2. The molecule has 2 aromatic heterocycles. The van der Waals surface area contributed by atoms with Crippen LogP contribution in [0.1, 0.15) is 53.9 Å². The van der Waals surface area contributed by atoms with Crippen LogP contribution in [0.4, 0.5) is 5.82 Å². The lowest BCUT2D eigenvalue weighted by Crippen LogP contribution is -2.35. The first-order chi connectivity index (χ1) is 15.6. The van der Waals surface area contributed by atoms with Crippen LogP contribution < -0.4 is 10.8 Å². The van der Waals surface area contributed by atoms with E-state index >= 15 is 0 Å². The molecule has 0 spiro atoms. The predicted molar refractivity (Wildman–Crippen MR) is 126 cm³/mol. The van der Waals surface area contributed by atoms with Crippen LogP contribution in [0.5, 0.6) is 0 Å². The minimum absolute atomic E-state index is 0.290. The normalized spacial score (nSPS) is 14.9. The molecule has 2 rings (SSSR count). The molecule has 3 atom stereocenters. The Bertz CT molecular complexity index is 992. The Morgan fingerprint density at radius 1 is 1.27 bits per heavy atom. The van der Waals surface area contributed by atoms with Gasteiger partial charge in [-0.25, -0.2) is 20.0 Å². The Morgan fingerprint density at radius 2 is 2.03 bits per heavy atom. The fraction of sp³-hybridized carbons (Fsp3) is 0.650. The lowest BCUT2D eigenvalue weighted by atomic mass is 10.3. The van der Waals surface area contributed by atoms with Crippen LogP contribution in [0.3, 0.4) is 0 Å². The highest BCUT2D eigenvalue weighted by atomic mass is 31.2. The Morgan fingerprint density at radius 3 is 2.73 bits per heavy atom. The van der Waals surface area contributed by atoms with Gasteiger partial charge in [0, 0.05) is 0 Å². The lowest BCUT2D eigenvalue weighted by Gasteiger charge is -2.22. The van der Waals surface area contributed by atoms with Crippen molar-refractivity contribution in [3.8, 4) is 0 Å². The number of imidazole rings is 1. The van der Waals surface area contributed by atoms with Crippen molar-refractivity contribution in [1.82, 2.24) is 24.6 Å². The highest BCUT2D eigenvalue weighted by Crippen LogP contribution is 2.43.